The second kappa shape index (κ2) is 10.4. The van der Waals surface area contributed by atoms with Gasteiger partial charge < -0.3 is 0 Å². The van der Waals surface area contributed by atoms with Gasteiger partial charge in [-0.1, -0.05) is 72.3 Å². The summed E-state index contributed by atoms with van der Waals surface area (Å²) in [5.74, 6) is -0.700. The molecule has 0 aliphatic carbocycles. The number of aryl methyl sites for hydroxylation is 1. The summed E-state index contributed by atoms with van der Waals surface area (Å²) in [6.07, 6.45) is 0.325. The predicted molar refractivity (Wildman–Crippen MR) is 158 cm³/mol. The summed E-state index contributed by atoms with van der Waals surface area (Å²) in [4.78, 5) is 18.8. The van der Waals surface area contributed by atoms with E-state index in [9.17, 15) is 4.79 Å². The number of amides is 1. The molecule has 0 N–H and O–H groups in total. The van der Waals surface area contributed by atoms with Gasteiger partial charge in [0.15, 0.2) is 0 Å². The Hall–Kier alpha value is -3.87. The SMILES string of the molecule is Cc1nc2ccc(Cl)cc2c(-c2ccccc2)c1C1=NN(C(=O)c2ccccc2Br)C(c2ccccc2F)C1. The van der Waals surface area contributed by atoms with Crippen molar-refractivity contribution in [3.63, 3.8) is 0 Å². The van der Waals surface area contributed by atoms with Crippen molar-refractivity contribution in [2.45, 2.75) is 19.4 Å². The fourth-order valence-corrected chi connectivity index (χ4v) is 5.84. The van der Waals surface area contributed by atoms with Crippen molar-refractivity contribution in [1.82, 2.24) is 9.99 Å². The van der Waals surface area contributed by atoms with Crippen LogP contribution in [-0.4, -0.2) is 21.6 Å². The molecule has 1 atom stereocenters. The predicted octanol–water partition coefficient (Wildman–Crippen LogP) is 8.76. The molecule has 0 saturated heterocycles. The molecule has 192 valence electrons. The first-order valence-corrected chi connectivity index (χ1v) is 13.6. The van der Waals surface area contributed by atoms with Gasteiger partial charge in [-0.25, -0.2) is 9.40 Å². The molecule has 1 amide bonds. The molecule has 0 saturated carbocycles. The van der Waals surface area contributed by atoms with Crippen molar-refractivity contribution >= 4 is 50.1 Å². The van der Waals surface area contributed by atoms with Crippen LogP contribution in [0.3, 0.4) is 0 Å². The van der Waals surface area contributed by atoms with Crippen molar-refractivity contribution in [3.8, 4) is 11.1 Å². The molecule has 1 aliphatic heterocycles. The number of fused-ring (bicyclic) bond motifs is 1. The highest BCUT2D eigenvalue weighted by Gasteiger charge is 2.37. The smallest absolute Gasteiger partial charge is 0.267 e. The van der Waals surface area contributed by atoms with E-state index in [1.807, 2.05) is 61.5 Å². The highest BCUT2D eigenvalue weighted by Crippen LogP contribution is 2.41. The fraction of sp³-hybridized carbons (Fsp3) is 0.0938. The average Bonchev–Trinajstić information content (AvgIpc) is 3.38. The minimum atomic E-state index is -0.626. The number of carbonyl (C=O) groups is 1. The number of hydrazone groups is 1. The number of pyridine rings is 1. The molecule has 1 aromatic heterocycles. The summed E-state index contributed by atoms with van der Waals surface area (Å²) in [5.41, 5.74) is 5.83. The average molecular weight is 599 g/mol. The van der Waals surface area contributed by atoms with Gasteiger partial charge in [0, 0.05) is 43.7 Å². The Labute approximate surface area is 238 Å². The van der Waals surface area contributed by atoms with E-state index in [4.69, 9.17) is 21.7 Å². The van der Waals surface area contributed by atoms with E-state index in [-0.39, 0.29) is 11.7 Å². The number of halogens is 3. The number of aromatic nitrogens is 1. The van der Waals surface area contributed by atoms with Crippen LogP contribution < -0.4 is 0 Å². The van der Waals surface area contributed by atoms with Crippen LogP contribution in [0.2, 0.25) is 5.02 Å². The number of hydrogen-bond donors (Lipinski definition) is 0. The van der Waals surface area contributed by atoms with Gasteiger partial charge in [0.05, 0.1) is 22.8 Å². The zero-order valence-corrected chi connectivity index (χ0v) is 23.2. The summed E-state index contributed by atoms with van der Waals surface area (Å²) in [6.45, 7) is 1.94. The van der Waals surface area contributed by atoms with Crippen molar-refractivity contribution in [2.24, 2.45) is 5.10 Å². The van der Waals surface area contributed by atoms with Crippen molar-refractivity contribution in [2.75, 3.05) is 0 Å². The molecule has 4 nitrogen and oxygen atoms in total. The highest BCUT2D eigenvalue weighted by molar-refractivity contribution is 9.10. The molecular formula is C32H22BrClFN3O. The Morgan fingerprint density at radius 3 is 2.44 bits per heavy atom. The minimum Gasteiger partial charge on any atom is -0.267 e. The summed E-state index contributed by atoms with van der Waals surface area (Å²) in [7, 11) is 0. The number of nitrogens with zero attached hydrogens (tertiary/aromatic N) is 3. The lowest BCUT2D eigenvalue weighted by Gasteiger charge is -2.23. The largest absolute Gasteiger partial charge is 0.275 e. The van der Waals surface area contributed by atoms with Crippen molar-refractivity contribution < 1.29 is 9.18 Å². The highest BCUT2D eigenvalue weighted by atomic mass is 79.9. The molecule has 1 aliphatic rings. The Bertz CT molecular complexity index is 1770. The lowest BCUT2D eigenvalue weighted by molar-refractivity contribution is 0.0708. The number of hydrogen-bond acceptors (Lipinski definition) is 3. The van der Waals surface area contributed by atoms with Crippen LogP contribution in [0.4, 0.5) is 4.39 Å². The monoisotopic (exact) mass is 597 g/mol. The van der Waals surface area contributed by atoms with Gasteiger partial charge in [-0.05, 0) is 64.8 Å². The maximum Gasteiger partial charge on any atom is 0.275 e. The molecule has 0 spiro atoms. The molecule has 1 unspecified atom stereocenters. The maximum atomic E-state index is 15.1. The molecule has 4 aromatic carbocycles. The first-order valence-electron chi connectivity index (χ1n) is 12.5. The van der Waals surface area contributed by atoms with Gasteiger partial charge >= 0.3 is 0 Å². The van der Waals surface area contributed by atoms with Gasteiger partial charge in [-0.3, -0.25) is 9.78 Å². The molecule has 7 heteroatoms. The standard InChI is InChI=1S/C32H22BrClFN3O/c1-19-30(31(20-9-3-2-4-10-20)24-17-21(34)15-16-27(24)36-19)28-18-29(23-12-6-8-14-26(23)35)38(37-28)32(39)22-11-5-7-13-25(22)33/h2-17,29H,18H2,1H3. The van der Waals surface area contributed by atoms with Crippen LogP contribution in [0.1, 0.15) is 39.6 Å². The van der Waals surface area contributed by atoms with E-state index in [2.05, 4.69) is 15.9 Å². The van der Waals surface area contributed by atoms with Gasteiger partial charge in [-0.2, -0.15) is 5.10 Å². The van der Waals surface area contributed by atoms with E-state index in [0.717, 1.165) is 33.3 Å². The number of benzene rings is 4. The summed E-state index contributed by atoms with van der Waals surface area (Å²) < 4.78 is 15.8. The fourth-order valence-electron chi connectivity index (χ4n) is 5.21. The zero-order valence-electron chi connectivity index (χ0n) is 20.9. The summed E-state index contributed by atoms with van der Waals surface area (Å²) >= 11 is 9.93. The molecule has 5 aromatic rings. The Balaban J connectivity index is 1.59. The number of rotatable bonds is 4. The lowest BCUT2D eigenvalue weighted by Crippen LogP contribution is -2.28. The van der Waals surface area contributed by atoms with Gasteiger partial charge in [-0.15, -0.1) is 0 Å². The third kappa shape index (κ3) is 4.64. The molecule has 0 fully saturated rings. The molecule has 39 heavy (non-hydrogen) atoms. The maximum absolute atomic E-state index is 15.1. The van der Waals surface area contributed by atoms with Crippen molar-refractivity contribution in [3.05, 3.63) is 135 Å². The lowest BCUT2D eigenvalue weighted by atomic mass is 9.89. The van der Waals surface area contributed by atoms with Crippen LogP contribution in [0.15, 0.2) is 107 Å². The quantitative estimate of drug-likeness (QED) is 0.208. The third-order valence-corrected chi connectivity index (χ3v) is 7.89. The van der Waals surface area contributed by atoms with Crippen LogP contribution in [0, 0.1) is 12.7 Å². The molecular weight excluding hydrogens is 577 g/mol. The van der Waals surface area contributed by atoms with Crippen LogP contribution >= 0.6 is 27.5 Å². The Morgan fingerprint density at radius 2 is 1.67 bits per heavy atom. The van der Waals surface area contributed by atoms with E-state index in [1.54, 1.807) is 36.4 Å². The van der Waals surface area contributed by atoms with Gasteiger partial charge in [0.1, 0.15) is 5.82 Å². The van der Waals surface area contributed by atoms with Crippen molar-refractivity contribution in [1.29, 1.82) is 0 Å². The third-order valence-electron chi connectivity index (χ3n) is 6.97. The first kappa shape index (κ1) is 25.4. The van der Waals surface area contributed by atoms with Gasteiger partial charge in [0.2, 0.25) is 0 Å². The Morgan fingerprint density at radius 1 is 0.949 bits per heavy atom. The number of carbonyl (C=O) groups excluding carboxylic acids is 1. The van der Waals surface area contributed by atoms with Crippen LogP contribution in [0.5, 0.6) is 0 Å². The van der Waals surface area contributed by atoms with Crippen LogP contribution in [-0.2, 0) is 0 Å². The summed E-state index contributed by atoms with van der Waals surface area (Å²) in [5, 5.41) is 7.78. The van der Waals surface area contributed by atoms with Gasteiger partial charge in [0.25, 0.3) is 5.91 Å². The van der Waals surface area contributed by atoms with E-state index in [0.29, 0.717) is 32.8 Å². The molecule has 0 radical (unpaired) electrons. The van der Waals surface area contributed by atoms with Crippen LogP contribution in [0.25, 0.3) is 22.0 Å². The van der Waals surface area contributed by atoms with E-state index >= 15 is 4.39 Å². The minimum absolute atomic E-state index is 0.318. The molecule has 6 rings (SSSR count). The normalized spacial score (nSPS) is 15.0. The summed E-state index contributed by atoms with van der Waals surface area (Å²) in [6, 6.07) is 28.7. The second-order valence-corrected chi connectivity index (χ2v) is 10.7. The van der Waals surface area contributed by atoms with E-state index < -0.39 is 6.04 Å². The topological polar surface area (TPSA) is 45.6 Å². The zero-order chi connectivity index (χ0) is 27.1. The second-order valence-electron chi connectivity index (χ2n) is 9.39. The van der Waals surface area contributed by atoms with E-state index in [1.165, 1.54) is 11.1 Å². The molecule has 2 heterocycles. The Kier molecular flexibility index (Phi) is 6.75. The molecule has 0 bridgehead atoms. The first-order chi connectivity index (χ1) is 18.9.